The van der Waals surface area contributed by atoms with Gasteiger partial charge in [0, 0.05) is 30.5 Å². The molecule has 11 heteroatoms. The van der Waals surface area contributed by atoms with E-state index in [-0.39, 0.29) is 29.7 Å². The summed E-state index contributed by atoms with van der Waals surface area (Å²) in [4.78, 5) is 21.7. The molecule has 2 fully saturated rings. The Kier molecular flexibility index (Phi) is 6.86. The normalized spacial score (nSPS) is 20.6. The third-order valence-electron chi connectivity index (χ3n) is 7.86. The van der Waals surface area contributed by atoms with Crippen LogP contribution in [0.2, 0.25) is 0 Å². The number of anilines is 1. The van der Waals surface area contributed by atoms with Crippen LogP contribution in [0, 0.1) is 0 Å². The molecule has 3 heterocycles. The molecule has 1 aromatic heterocycles. The topological polar surface area (TPSA) is 107 Å². The van der Waals surface area contributed by atoms with Gasteiger partial charge in [0.2, 0.25) is 12.7 Å². The van der Waals surface area contributed by atoms with Gasteiger partial charge in [-0.3, -0.25) is 9.69 Å². The highest BCUT2D eigenvalue weighted by Crippen LogP contribution is 2.51. The third kappa shape index (κ3) is 5.04. The van der Waals surface area contributed by atoms with E-state index in [1.54, 1.807) is 19.2 Å². The van der Waals surface area contributed by atoms with Gasteiger partial charge >= 0.3 is 0 Å². The van der Waals surface area contributed by atoms with E-state index in [1.807, 2.05) is 36.5 Å². The second-order valence-corrected chi connectivity index (χ2v) is 13.5. The number of ether oxygens (including phenoxy) is 3. The average molecular weight is 570 g/mol. The minimum absolute atomic E-state index is 0.0743. The number of carbonyl (C=O) groups excluding carboxylic acids is 1. The fourth-order valence-corrected chi connectivity index (χ4v) is 7.23. The number of rotatable bonds is 9. The van der Waals surface area contributed by atoms with Crippen molar-refractivity contribution in [2.75, 3.05) is 38.6 Å². The number of amides is 1. The van der Waals surface area contributed by atoms with Crippen LogP contribution >= 0.6 is 11.3 Å². The number of aromatic nitrogens is 1. The summed E-state index contributed by atoms with van der Waals surface area (Å²) in [5.74, 6) is 1.29. The van der Waals surface area contributed by atoms with Gasteiger partial charge in [-0.2, -0.15) is 0 Å². The van der Waals surface area contributed by atoms with E-state index >= 15 is 0 Å². The number of carbonyl (C=O) groups is 1. The monoisotopic (exact) mass is 569 g/mol. The molecule has 1 saturated heterocycles. The van der Waals surface area contributed by atoms with Crippen LogP contribution < -0.4 is 14.8 Å². The van der Waals surface area contributed by atoms with Crippen molar-refractivity contribution in [1.82, 2.24) is 9.88 Å². The van der Waals surface area contributed by atoms with Gasteiger partial charge in [-0.1, -0.05) is 29.5 Å². The smallest absolute Gasteiger partial charge is 0.236 e. The lowest BCUT2D eigenvalue weighted by molar-refractivity contribution is -0.118. The minimum Gasteiger partial charge on any atom is -0.454 e. The Morgan fingerprint density at radius 1 is 1.21 bits per heavy atom. The van der Waals surface area contributed by atoms with Crippen LogP contribution in [0.1, 0.15) is 47.7 Å². The Hall–Kier alpha value is -2.99. The Morgan fingerprint density at radius 3 is 2.69 bits per heavy atom. The SMILES string of the molecule is COCC1CCCN1C(c1ccc(S(C)(=O)=O)cc1)c1cnc(NC(=O)C2(c3ccc4c(c3)OCO4)CC2)s1. The van der Waals surface area contributed by atoms with Gasteiger partial charge in [0.1, 0.15) is 0 Å². The second kappa shape index (κ2) is 10.2. The fraction of sp³-hybridized carbons (Fsp3) is 0.429. The van der Waals surface area contributed by atoms with E-state index in [4.69, 9.17) is 14.2 Å². The maximum absolute atomic E-state index is 13.5. The highest BCUT2D eigenvalue weighted by Gasteiger charge is 2.52. The van der Waals surface area contributed by atoms with E-state index in [2.05, 4.69) is 15.2 Å². The zero-order chi connectivity index (χ0) is 27.2. The van der Waals surface area contributed by atoms with Crippen LogP contribution in [0.4, 0.5) is 5.13 Å². The zero-order valence-corrected chi connectivity index (χ0v) is 23.5. The van der Waals surface area contributed by atoms with Crippen LogP contribution in [0.3, 0.4) is 0 Å². The number of hydrogen-bond donors (Lipinski definition) is 1. The molecule has 1 N–H and O–H groups in total. The van der Waals surface area contributed by atoms with E-state index in [0.717, 1.165) is 48.2 Å². The van der Waals surface area contributed by atoms with Gasteiger partial charge in [0.05, 0.1) is 23.0 Å². The number of hydrogen-bond acceptors (Lipinski definition) is 9. The van der Waals surface area contributed by atoms with Gasteiger partial charge < -0.3 is 19.5 Å². The Morgan fingerprint density at radius 2 is 1.97 bits per heavy atom. The molecule has 39 heavy (non-hydrogen) atoms. The number of thiazole rings is 1. The number of sulfone groups is 1. The summed E-state index contributed by atoms with van der Waals surface area (Å²) in [6.45, 7) is 1.69. The molecule has 6 rings (SSSR count). The summed E-state index contributed by atoms with van der Waals surface area (Å²) >= 11 is 1.45. The van der Waals surface area contributed by atoms with Crippen molar-refractivity contribution < 1.29 is 27.4 Å². The highest BCUT2D eigenvalue weighted by atomic mass is 32.2. The molecule has 1 aliphatic carbocycles. The van der Waals surface area contributed by atoms with E-state index in [1.165, 1.54) is 17.6 Å². The van der Waals surface area contributed by atoms with Crippen molar-refractivity contribution in [3.8, 4) is 11.5 Å². The van der Waals surface area contributed by atoms with Crippen LogP contribution in [-0.4, -0.2) is 63.6 Å². The maximum Gasteiger partial charge on any atom is 0.236 e. The predicted octanol–water partition coefficient (Wildman–Crippen LogP) is 4.15. The summed E-state index contributed by atoms with van der Waals surface area (Å²) in [6, 6.07) is 12.9. The number of nitrogens with one attached hydrogen (secondary N) is 1. The fourth-order valence-electron chi connectivity index (χ4n) is 5.64. The molecule has 9 nitrogen and oxygen atoms in total. The molecule has 2 aliphatic heterocycles. The Labute approximate surface area is 232 Å². The first kappa shape index (κ1) is 26.2. The zero-order valence-electron chi connectivity index (χ0n) is 21.9. The van der Waals surface area contributed by atoms with Crippen molar-refractivity contribution in [3.05, 3.63) is 64.7 Å². The first-order valence-corrected chi connectivity index (χ1v) is 15.7. The first-order valence-electron chi connectivity index (χ1n) is 13.0. The minimum atomic E-state index is -3.30. The Bertz CT molecular complexity index is 1480. The quantitative estimate of drug-likeness (QED) is 0.410. The second-order valence-electron chi connectivity index (χ2n) is 10.4. The third-order valence-corrected chi connectivity index (χ3v) is 9.95. The predicted molar refractivity (Wildman–Crippen MR) is 147 cm³/mol. The number of methoxy groups -OCH3 is 1. The summed E-state index contributed by atoms with van der Waals surface area (Å²) in [5, 5.41) is 3.61. The van der Waals surface area contributed by atoms with Gasteiger partial charge in [-0.15, -0.1) is 0 Å². The van der Waals surface area contributed by atoms with Crippen molar-refractivity contribution >= 4 is 32.2 Å². The molecule has 0 radical (unpaired) electrons. The van der Waals surface area contributed by atoms with Crippen molar-refractivity contribution in [1.29, 1.82) is 0 Å². The lowest BCUT2D eigenvalue weighted by atomic mass is 9.94. The van der Waals surface area contributed by atoms with Gasteiger partial charge in [0.15, 0.2) is 26.5 Å². The summed E-state index contributed by atoms with van der Waals surface area (Å²) in [5.41, 5.74) is 1.31. The van der Waals surface area contributed by atoms with Crippen LogP contribution in [-0.2, 0) is 24.8 Å². The molecule has 1 saturated carbocycles. The summed E-state index contributed by atoms with van der Waals surface area (Å²) < 4.78 is 40.5. The lowest BCUT2D eigenvalue weighted by Crippen LogP contribution is -2.36. The van der Waals surface area contributed by atoms with Crippen LogP contribution in [0.5, 0.6) is 11.5 Å². The summed E-state index contributed by atoms with van der Waals surface area (Å²) in [6.07, 6.45) is 6.62. The van der Waals surface area contributed by atoms with Crippen molar-refractivity contribution in [2.24, 2.45) is 0 Å². The molecular formula is C28H31N3O6S2. The van der Waals surface area contributed by atoms with Gasteiger partial charge in [-0.25, -0.2) is 13.4 Å². The largest absolute Gasteiger partial charge is 0.454 e. The van der Waals surface area contributed by atoms with E-state index in [9.17, 15) is 13.2 Å². The lowest BCUT2D eigenvalue weighted by Gasteiger charge is -2.32. The molecule has 2 atom stereocenters. The number of nitrogens with zero attached hydrogens (tertiary/aromatic N) is 2. The Balaban J connectivity index is 1.26. The molecule has 0 spiro atoms. The molecule has 2 aromatic carbocycles. The molecule has 1 amide bonds. The number of benzene rings is 2. The maximum atomic E-state index is 13.5. The molecule has 206 valence electrons. The summed E-state index contributed by atoms with van der Waals surface area (Å²) in [7, 11) is -1.59. The molecule has 3 aromatic rings. The van der Waals surface area contributed by atoms with E-state index < -0.39 is 15.3 Å². The van der Waals surface area contributed by atoms with Crippen LogP contribution in [0.25, 0.3) is 0 Å². The molecule has 2 unspecified atom stereocenters. The average Bonchev–Trinajstić information content (AvgIpc) is 3.21. The van der Waals surface area contributed by atoms with Crippen LogP contribution in [0.15, 0.2) is 53.6 Å². The number of likely N-dealkylation sites (tertiary alicyclic amines) is 1. The van der Waals surface area contributed by atoms with Gasteiger partial charge in [0.25, 0.3) is 0 Å². The molecule has 0 bridgehead atoms. The standard InChI is InChI=1S/C28H31N3O6S2/c1-35-16-20-4-3-13-31(20)25(18-5-8-21(9-6-18)39(2,33)34)24-15-29-27(38-24)30-26(32)28(11-12-28)19-7-10-22-23(14-19)37-17-36-22/h5-10,14-15,20,25H,3-4,11-13,16-17H2,1-2H3,(H,29,30,32). The number of fused-ring (bicyclic) bond motifs is 1. The molecular weight excluding hydrogens is 538 g/mol. The van der Waals surface area contributed by atoms with E-state index in [0.29, 0.717) is 23.2 Å². The molecule has 3 aliphatic rings. The van der Waals surface area contributed by atoms with Crippen molar-refractivity contribution in [3.63, 3.8) is 0 Å². The van der Waals surface area contributed by atoms with Crippen molar-refractivity contribution in [2.45, 2.75) is 48.1 Å². The highest BCUT2D eigenvalue weighted by molar-refractivity contribution is 7.90. The van der Waals surface area contributed by atoms with Gasteiger partial charge in [-0.05, 0) is 67.6 Å². The first-order chi connectivity index (χ1) is 18.8.